The van der Waals surface area contributed by atoms with E-state index in [0.29, 0.717) is 11.4 Å². The van der Waals surface area contributed by atoms with Crippen LogP contribution in [0.25, 0.3) is 10.1 Å². The summed E-state index contributed by atoms with van der Waals surface area (Å²) < 4.78 is 29.1. The molecule has 1 atom stereocenters. The number of aliphatic hydroxyl groups is 1. The van der Waals surface area contributed by atoms with Crippen molar-refractivity contribution in [3.63, 3.8) is 0 Å². The molecule has 122 valence electrons. The number of hydrogen-bond donors (Lipinski definition) is 2. The Balaban J connectivity index is 1.92. The van der Waals surface area contributed by atoms with Gasteiger partial charge in [0.15, 0.2) is 0 Å². The van der Waals surface area contributed by atoms with Crippen LogP contribution in [0.1, 0.15) is 17.3 Å². The number of hydrogen-bond acceptors (Lipinski definition) is 5. The first-order chi connectivity index (χ1) is 11.0. The third-order valence-corrected chi connectivity index (χ3v) is 7.60. The largest absolute Gasteiger partial charge is 0.396 e. The summed E-state index contributed by atoms with van der Waals surface area (Å²) >= 11 is 8.61. The quantitative estimate of drug-likeness (QED) is 0.671. The fourth-order valence-corrected chi connectivity index (χ4v) is 5.96. The van der Waals surface area contributed by atoms with Crippen molar-refractivity contribution in [1.82, 2.24) is 4.72 Å². The van der Waals surface area contributed by atoms with Gasteiger partial charge in [0.25, 0.3) is 10.0 Å². The zero-order valence-electron chi connectivity index (χ0n) is 11.9. The summed E-state index contributed by atoms with van der Waals surface area (Å²) in [5.41, 5.74) is 0. The molecule has 0 unspecified atom stereocenters. The van der Waals surface area contributed by atoms with E-state index in [9.17, 15) is 13.5 Å². The van der Waals surface area contributed by atoms with Gasteiger partial charge in [-0.25, -0.2) is 13.1 Å². The zero-order chi connectivity index (χ0) is 16.4. The molecule has 2 heterocycles. The Kier molecular flexibility index (Phi) is 5.05. The summed E-state index contributed by atoms with van der Waals surface area (Å²) in [6.07, 6.45) is 0.330. The summed E-state index contributed by atoms with van der Waals surface area (Å²) in [6, 6.07) is 10.2. The maximum Gasteiger partial charge on any atom is 0.250 e. The monoisotopic (exact) mass is 387 g/mol. The van der Waals surface area contributed by atoms with E-state index in [0.717, 1.165) is 15.0 Å². The van der Waals surface area contributed by atoms with Crippen molar-refractivity contribution >= 4 is 54.4 Å². The van der Waals surface area contributed by atoms with Gasteiger partial charge in [-0.05, 0) is 47.5 Å². The molecule has 0 radical (unpaired) electrons. The van der Waals surface area contributed by atoms with Crippen molar-refractivity contribution in [1.29, 1.82) is 0 Å². The third kappa shape index (κ3) is 3.76. The molecule has 0 aliphatic heterocycles. The Morgan fingerprint density at radius 3 is 2.78 bits per heavy atom. The minimum absolute atomic E-state index is 0.0902. The van der Waals surface area contributed by atoms with Crippen LogP contribution in [0.3, 0.4) is 0 Å². The van der Waals surface area contributed by atoms with Gasteiger partial charge in [-0.15, -0.1) is 22.7 Å². The Hall–Kier alpha value is -0.960. The van der Waals surface area contributed by atoms with Crippen LogP contribution in [-0.2, 0) is 10.0 Å². The maximum absolute atomic E-state index is 12.7. The molecular formula is C15H14ClNO3S3. The van der Waals surface area contributed by atoms with E-state index in [1.54, 1.807) is 18.2 Å². The van der Waals surface area contributed by atoms with Crippen molar-refractivity contribution in [3.05, 3.63) is 51.7 Å². The van der Waals surface area contributed by atoms with Gasteiger partial charge in [0.1, 0.15) is 4.21 Å². The molecule has 1 aromatic carbocycles. The fourth-order valence-electron chi connectivity index (χ4n) is 2.25. The molecule has 0 saturated carbocycles. The lowest BCUT2D eigenvalue weighted by Gasteiger charge is -2.15. The third-order valence-electron chi connectivity index (χ3n) is 3.32. The number of sulfonamides is 1. The number of halogens is 1. The highest BCUT2D eigenvalue weighted by molar-refractivity contribution is 7.91. The van der Waals surface area contributed by atoms with E-state index in [4.69, 9.17) is 11.6 Å². The van der Waals surface area contributed by atoms with Crippen molar-refractivity contribution in [2.24, 2.45) is 0 Å². The molecule has 23 heavy (non-hydrogen) atoms. The number of thiophene rings is 2. The summed E-state index contributed by atoms with van der Waals surface area (Å²) in [5.74, 6) is 0. The lowest BCUT2D eigenvalue weighted by atomic mass is 10.2. The first kappa shape index (κ1) is 16.9. The number of nitrogens with one attached hydrogen (secondary N) is 1. The number of benzene rings is 1. The molecule has 0 aliphatic rings. The summed E-state index contributed by atoms with van der Waals surface area (Å²) in [5, 5.41) is 12.5. The fraction of sp³-hybridized carbons (Fsp3) is 0.200. The predicted molar refractivity (Wildman–Crippen MR) is 95.9 cm³/mol. The van der Waals surface area contributed by atoms with Crippen LogP contribution in [0.4, 0.5) is 0 Å². The van der Waals surface area contributed by atoms with Gasteiger partial charge in [0.2, 0.25) is 0 Å². The normalized spacial score (nSPS) is 13.5. The van der Waals surface area contributed by atoms with Crippen LogP contribution >= 0.6 is 34.3 Å². The predicted octanol–water partition coefficient (Wildman–Crippen LogP) is 4.02. The topological polar surface area (TPSA) is 66.4 Å². The summed E-state index contributed by atoms with van der Waals surface area (Å²) in [7, 11) is -3.66. The molecule has 0 saturated heterocycles. The van der Waals surface area contributed by atoms with Gasteiger partial charge in [0, 0.05) is 21.2 Å². The van der Waals surface area contributed by atoms with Gasteiger partial charge in [-0.1, -0.05) is 17.7 Å². The van der Waals surface area contributed by atoms with Crippen LogP contribution in [0.2, 0.25) is 5.02 Å². The van der Waals surface area contributed by atoms with Crippen LogP contribution < -0.4 is 4.72 Å². The van der Waals surface area contributed by atoms with Gasteiger partial charge in [0.05, 0.1) is 6.04 Å². The maximum atomic E-state index is 12.7. The first-order valence-corrected chi connectivity index (χ1v) is 10.4. The molecule has 0 spiro atoms. The van der Waals surface area contributed by atoms with Crippen LogP contribution in [0.5, 0.6) is 0 Å². The van der Waals surface area contributed by atoms with Crippen molar-refractivity contribution in [3.8, 4) is 0 Å². The second-order valence-electron chi connectivity index (χ2n) is 4.95. The van der Waals surface area contributed by atoms with E-state index < -0.39 is 16.1 Å². The smallest absolute Gasteiger partial charge is 0.250 e. The summed E-state index contributed by atoms with van der Waals surface area (Å²) in [4.78, 5) is 0.881. The average molecular weight is 388 g/mol. The number of rotatable bonds is 6. The molecule has 3 rings (SSSR count). The van der Waals surface area contributed by atoms with E-state index in [-0.39, 0.29) is 10.8 Å². The van der Waals surface area contributed by atoms with Crippen molar-refractivity contribution in [2.45, 2.75) is 16.7 Å². The lowest BCUT2D eigenvalue weighted by molar-refractivity contribution is 0.273. The van der Waals surface area contributed by atoms with Gasteiger partial charge >= 0.3 is 0 Å². The van der Waals surface area contributed by atoms with Crippen LogP contribution in [0.15, 0.2) is 46.0 Å². The average Bonchev–Trinajstić information content (AvgIpc) is 3.15. The molecule has 2 N–H and O–H groups in total. The van der Waals surface area contributed by atoms with Crippen molar-refractivity contribution < 1.29 is 13.5 Å². The van der Waals surface area contributed by atoms with Crippen LogP contribution in [0, 0.1) is 0 Å². The highest BCUT2D eigenvalue weighted by Gasteiger charge is 2.23. The molecule has 3 aromatic rings. The Morgan fingerprint density at radius 1 is 1.26 bits per heavy atom. The molecule has 0 bridgehead atoms. The zero-order valence-corrected chi connectivity index (χ0v) is 15.1. The highest BCUT2D eigenvalue weighted by atomic mass is 35.5. The Bertz CT molecular complexity index is 903. The van der Waals surface area contributed by atoms with Gasteiger partial charge in [-0.3, -0.25) is 0 Å². The standard InChI is InChI=1S/C15H14ClNO3S3/c16-11-3-4-13-10(8-11)9-15(22-13)23(19,20)17-12(5-6-18)14-2-1-7-21-14/h1-4,7-9,12,17-18H,5-6H2/t12-/m0/s1. The van der Waals surface area contributed by atoms with E-state index in [1.807, 2.05) is 23.6 Å². The van der Waals surface area contributed by atoms with E-state index in [1.165, 1.54) is 22.7 Å². The van der Waals surface area contributed by atoms with E-state index >= 15 is 0 Å². The second-order valence-corrected chi connectivity index (χ2v) is 9.39. The molecule has 0 aliphatic carbocycles. The Morgan fingerprint density at radius 2 is 2.09 bits per heavy atom. The minimum Gasteiger partial charge on any atom is -0.396 e. The summed E-state index contributed by atoms with van der Waals surface area (Å²) in [6.45, 7) is -0.0902. The molecule has 0 amide bonds. The van der Waals surface area contributed by atoms with Crippen LogP contribution in [-0.4, -0.2) is 20.1 Å². The van der Waals surface area contributed by atoms with Gasteiger partial charge in [-0.2, -0.15) is 0 Å². The number of aliphatic hydroxyl groups excluding tert-OH is 1. The lowest BCUT2D eigenvalue weighted by Crippen LogP contribution is -2.28. The first-order valence-electron chi connectivity index (χ1n) is 6.85. The molecule has 0 fully saturated rings. The SMILES string of the molecule is O=S(=O)(N[C@@H](CCO)c1cccs1)c1cc2cc(Cl)ccc2s1. The molecule has 4 nitrogen and oxygen atoms in total. The second kappa shape index (κ2) is 6.88. The minimum atomic E-state index is -3.66. The molecule has 8 heteroatoms. The molecule has 2 aromatic heterocycles. The number of fused-ring (bicyclic) bond motifs is 1. The van der Waals surface area contributed by atoms with Gasteiger partial charge < -0.3 is 5.11 Å². The highest BCUT2D eigenvalue weighted by Crippen LogP contribution is 2.32. The van der Waals surface area contributed by atoms with Crippen molar-refractivity contribution in [2.75, 3.05) is 6.61 Å². The van der Waals surface area contributed by atoms with E-state index in [2.05, 4.69) is 4.72 Å². The Labute approximate surface area is 147 Å². The molecular weight excluding hydrogens is 374 g/mol.